The highest BCUT2D eigenvalue weighted by molar-refractivity contribution is 5.80. The lowest BCUT2D eigenvalue weighted by Gasteiger charge is -2.13. The average molecular weight is 305 g/mol. The number of likely N-dealkylation sites (tertiary alicyclic amines) is 1. The lowest BCUT2D eigenvalue weighted by atomic mass is 10.0. The highest BCUT2D eigenvalue weighted by atomic mass is 19.1. The molecule has 0 aliphatic carbocycles. The Bertz CT molecular complexity index is 711. The number of amides is 1. The SMILES string of the molecule is COC(=O)N1CC[C@@H](c2nc3c(C(C)C)ccc(F)c3[nH]2)C1. The van der Waals surface area contributed by atoms with Gasteiger partial charge in [-0.3, -0.25) is 0 Å². The molecule has 1 atom stereocenters. The fraction of sp³-hybridized carbons (Fsp3) is 0.500. The standard InChI is InChI=1S/C16H20FN3O2/c1-9(2)11-4-5-12(17)14-13(11)18-15(19-14)10-6-7-20(8-10)16(21)22-3/h4-5,9-10H,6-8H2,1-3H3,(H,18,19)/t10-/m1/s1. The number of nitrogens with one attached hydrogen (secondary N) is 1. The number of ether oxygens (including phenoxy) is 1. The molecule has 2 aromatic rings. The van der Waals surface area contributed by atoms with Crippen LogP contribution in [-0.2, 0) is 4.74 Å². The molecule has 0 spiro atoms. The molecule has 0 saturated carbocycles. The summed E-state index contributed by atoms with van der Waals surface area (Å²) in [4.78, 5) is 21.0. The van der Waals surface area contributed by atoms with Crippen molar-refractivity contribution >= 4 is 17.1 Å². The van der Waals surface area contributed by atoms with Gasteiger partial charge in [0.2, 0.25) is 0 Å². The zero-order valence-corrected chi connectivity index (χ0v) is 13.0. The predicted molar refractivity (Wildman–Crippen MR) is 81.5 cm³/mol. The van der Waals surface area contributed by atoms with E-state index in [-0.39, 0.29) is 23.7 Å². The van der Waals surface area contributed by atoms with Crippen molar-refractivity contribution in [2.24, 2.45) is 0 Å². The van der Waals surface area contributed by atoms with Crippen molar-refractivity contribution in [3.05, 3.63) is 29.3 Å². The van der Waals surface area contributed by atoms with Crippen molar-refractivity contribution in [3.63, 3.8) is 0 Å². The van der Waals surface area contributed by atoms with Gasteiger partial charge >= 0.3 is 6.09 Å². The van der Waals surface area contributed by atoms with Gasteiger partial charge in [-0.2, -0.15) is 0 Å². The average Bonchev–Trinajstić information content (AvgIpc) is 3.13. The number of H-pyrrole nitrogens is 1. The number of imidazole rings is 1. The molecule has 1 aliphatic heterocycles. The number of methoxy groups -OCH3 is 1. The number of aromatic amines is 1. The second-order valence-corrected chi connectivity index (χ2v) is 6.04. The Hall–Kier alpha value is -2.11. The Labute approximate surface area is 128 Å². The van der Waals surface area contributed by atoms with Crippen LogP contribution in [0.25, 0.3) is 11.0 Å². The molecule has 1 aromatic carbocycles. The number of carbonyl (C=O) groups excluding carboxylic acids is 1. The second-order valence-electron chi connectivity index (χ2n) is 6.04. The van der Waals surface area contributed by atoms with E-state index in [9.17, 15) is 9.18 Å². The van der Waals surface area contributed by atoms with Gasteiger partial charge in [-0.25, -0.2) is 14.2 Å². The van der Waals surface area contributed by atoms with Gasteiger partial charge in [-0.05, 0) is 24.0 Å². The van der Waals surface area contributed by atoms with E-state index >= 15 is 0 Å². The first kappa shape index (κ1) is 14.8. The van der Waals surface area contributed by atoms with Crippen LogP contribution in [0.15, 0.2) is 12.1 Å². The summed E-state index contributed by atoms with van der Waals surface area (Å²) >= 11 is 0. The van der Waals surface area contributed by atoms with Crippen molar-refractivity contribution < 1.29 is 13.9 Å². The summed E-state index contributed by atoms with van der Waals surface area (Å²) in [5, 5.41) is 0. The minimum Gasteiger partial charge on any atom is -0.453 e. The molecule has 1 aliphatic rings. The van der Waals surface area contributed by atoms with E-state index in [1.165, 1.54) is 13.2 Å². The Morgan fingerprint density at radius 1 is 1.50 bits per heavy atom. The van der Waals surface area contributed by atoms with Crippen molar-refractivity contribution in [3.8, 4) is 0 Å². The first-order valence-corrected chi connectivity index (χ1v) is 7.52. The van der Waals surface area contributed by atoms with Crippen LogP contribution in [0.2, 0.25) is 0 Å². The van der Waals surface area contributed by atoms with E-state index in [1.807, 2.05) is 0 Å². The van der Waals surface area contributed by atoms with Crippen LogP contribution >= 0.6 is 0 Å². The van der Waals surface area contributed by atoms with Crippen LogP contribution in [0.4, 0.5) is 9.18 Å². The fourth-order valence-corrected chi connectivity index (χ4v) is 3.04. The first-order valence-electron chi connectivity index (χ1n) is 7.52. The van der Waals surface area contributed by atoms with Gasteiger partial charge in [0.05, 0.1) is 12.6 Å². The Morgan fingerprint density at radius 2 is 2.27 bits per heavy atom. The molecule has 0 unspecified atom stereocenters. The number of carbonyl (C=O) groups is 1. The third kappa shape index (κ3) is 2.42. The van der Waals surface area contributed by atoms with Gasteiger partial charge in [0, 0.05) is 19.0 Å². The van der Waals surface area contributed by atoms with E-state index in [2.05, 4.69) is 23.8 Å². The molecule has 3 rings (SSSR count). The van der Waals surface area contributed by atoms with Crippen LogP contribution in [0.1, 0.15) is 43.5 Å². The number of nitrogens with zero attached hydrogens (tertiary/aromatic N) is 2. The van der Waals surface area contributed by atoms with E-state index in [0.717, 1.165) is 17.8 Å². The Kier molecular flexibility index (Phi) is 3.76. The molecule has 0 radical (unpaired) electrons. The van der Waals surface area contributed by atoms with Gasteiger partial charge in [0.25, 0.3) is 0 Å². The van der Waals surface area contributed by atoms with Crippen LogP contribution in [-0.4, -0.2) is 41.2 Å². The number of aromatic nitrogens is 2. The summed E-state index contributed by atoms with van der Waals surface area (Å²) < 4.78 is 18.8. The molecule has 22 heavy (non-hydrogen) atoms. The second kappa shape index (κ2) is 5.59. The van der Waals surface area contributed by atoms with Gasteiger partial charge in [0.1, 0.15) is 17.2 Å². The van der Waals surface area contributed by atoms with Crippen LogP contribution < -0.4 is 0 Å². The molecule has 118 valence electrons. The third-order valence-electron chi connectivity index (χ3n) is 4.27. The van der Waals surface area contributed by atoms with E-state index in [4.69, 9.17) is 4.74 Å². The monoisotopic (exact) mass is 305 g/mol. The number of hydrogen-bond donors (Lipinski definition) is 1. The molecule has 1 amide bonds. The lowest BCUT2D eigenvalue weighted by Crippen LogP contribution is -2.28. The molecule has 6 heteroatoms. The summed E-state index contributed by atoms with van der Waals surface area (Å²) in [6.45, 7) is 5.31. The van der Waals surface area contributed by atoms with Gasteiger partial charge in [0.15, 0.2) is 0 Å². The number of benzene rings is 1. The molecule has 5 nitrogen and oxygen atoms in total. The third-order valence-corrected chi connectivity index (χ3v) is 4.27. The normalized spacial score (nSPS) is 18.4. The topological polar surface area (TPSA) is 58.2 Å². The maximum Gasteiger partial charge on any atom is 0.409 e. The zero-order valence-electron chi connectivity index (χ0n) is 13.0. The number of rotatable bonds is 2. The molecule has 2 heterocycles. The van der Waals surface area contributed by atoms with Crippen molar-refractivity contribution in [1.29, 1.82) is 0 Å². The summed E-state index contributed by atoms with van der Waals surface area (Å²) in [5.41, 5.74) is 2.18. The lowest BCUT2D eigenvalue weighted by molar-refractivity contribution is 0.132. The van der Waals surface area contributed by atoms with E-state index in [1.54, 1.807) is 11.0 Å². The minimum absolute atomic E-state index is 0.0888. The van der Waals surface area contributed by atoms with Gasteiger partial charge < -0.3 is 14.6 Å². The fourth-order valence-electron chi connectivity index (χ4n) is 3.04. The predicted octanol–water partition coefficient (Wildman–Crippen LogP) is 3.38. The smallest absolute Gasteiger partial charge is 0.409 e. The molecule has 1 N–H and O–H groups in total. The summed E-state index contributed by atoms with van der Waals surface area (Å²) in [5.74, 6) is 0.815. The van der Waals surface area contributed by atoms with E-state index in [0.29, 0.717) is 24.1 Å². The molecular weight excluding hydrogens is 285 g/mol. The van der Waals surface area contributed by atoms with Crippen LogP contribution in [0.3, 0.4) is 0 Å². The Balaban J connectivity index is 1.94. The highest BCUT2D eigenvalue weighted by Crippen LogP contribution is 2.31. The minimum atomic E-state index is -0.326. The first-order chi connectivity index (χ1) is 10.5. The molecular formula is C16H20FN3O2. The molecule has 0 bridgehead atoms. The zero-order chi connectivity index (χ0) is 15.9. The number of fused-ring (bicyclic) bond motifs is 1. The van der Waals surface area contributed by atoms with Gasteiger partial charge in [-0.15, -0.1) is 0 Å². The summed E-state index contributed by atoms with van der Waals surface area (Å²) in [6.07, 6.45) is 0.473. The van der Waals surface area contributed by atoms with Gasteiger partial charge in [-0.1, -0.05) is 19.9 Å². The molecule has 1 saturated heterocycles. The van der Waals surface area contributed by atoms with E-state index < -0.39 is 0 Å². The summed E-state index contributed by atoms with van der Waals surface area (Å²) in [7, 11) is 1.38. The summed E-state index contributed by atoms with van der Waals surface area (Å²) in [6, 6.07) is 3.28. The highest BCUT2D eigenvalue weighted by Gasteiger charge is 2.30. The van der Waals surface area contributed by atoms with Crippen LogP contribution in [0.5, 0.6) is 0 Å². The molecule has 1 fully saturated rings. The quantitative estimate of drug-likeness (QED) is 0.925. The van der Waals surface area contributed by atoms with Crippen LogP contribution in [0, 0.1) is 5.82 Å². The molecule has 1 aromatic heterocycles. The largest absolute Gasteiger partial charge is 0.453 e. The van der Waals surface area contributed by atoms with Crippen molar-refractivity contribution in [2.75, 3.05) is 20.2 Å². The van der Waals surface area contributed by atoms with Crippen molar-refractivity contribution in [2.45, 2.75) is 32.1 Å². The maximum atomic E-state index is 14.0. The van der Waals surface area contributed by atoms with Crippen molar-refractivity contribution in [1.82, 2.24) is 14.9 Å². The Morgan fingerprint density at radius 3 is 2.95 bits per heavy atom. The maximum absolute atomic E-state index is 14.0. The number of hydrogen-bond acceptors (Lipinski definition) is 3. The number of halogens is 1.